The topological polar surface area (TPSA) is 0 Å². The highest BCUT2D eigenvalue weighted by Gasteiger charge is 2.49. The first kappa shape index (κ1) is 5.48. The Morgan fingerprint density at radius 1 is 0.875 bits per heavy atom. The highest BCUT2D eigenvalue weighted by Crippen LogP contribution is 2.63. The summed E-state index contributed by atoms with van der Waals surface area (Å²) < 4.78 is 1.94. The van der Waals surface area contributed by atoms with Crippen LogP contribution in [0.15, 0.2) is 0 Å². The quantitative estimate of drug-likeness (QED) is 0.514. The molecule has 2 heteroatoms. The fourth-order valence-corrected chi connectivity index (χ4v) is 4.90. The minimum absolute atomic E-state index is 0.968. The second-order valence-electron chi connectivity index (χ2n) is 2.73. The van der Waals surface area contributed by atoms with Gasteiger partial charge in [-0.15, -0.1) is 23.5 Å². The lowest BCUT2D eigenvalue weighted by atomic mass is 10.0. The van der Waals surface area contributed by atoms with Gasteiger partial charge in [0.15, 0.2) is 0 Å². The second kappa shape index (κ2) is 1.60. The first-order chi connectivity index (χ1) is 3.79. The van der Waals surface area contributed by atoms with Crippen LogP contribution in [0.5, 0.6) is 0 Å². The minimum atomic E-state index is 0.968. The number of hydrogen-bond acceptors (Lipinski definition) is 2. The van der Waals surface area contributed by atoms with Crippen LogP contribution in [0.2, 0.25) is 0 Å². The third-order valence-electron chi connectivity index (χ3n) is 2.22. The number of thioether (sulfide) groups is 2. The van der Waals surface area contributed by atoms with Crippen molar-refractivity contribution in [2.45, 2.75) is 23.0 Å². The highest BCUT2D eigenvalue weighted by molar-refractivity contribution is 8.33. The maximum absolute atomic E-state index is 2.38. The van der Waals surface area contributed by atoms with Crippen LogP contribution >= 0.6 is 23.5 Å². The maximum atomic E-state index is 2.38. The molecule has 0 aromatic rings. The molecule has 46 valence electrons. The Balaban J connectivity index is 2.16. The van der Waals surface area contributed by atoms with Crippen molar-refractivity contribution in [3.63, 3.8) is 0 Å². The van der Waals surface area contributed by atoms with Crippen LogP contribution < -0.4 is 0 Å². The van der Waals surface area contributed by atoms with E-state index >= 15 is 0 Å². The summed E-state index contributed by atoms with van der Waals surface area (Å²) in [7, 11) is 0. The van der Waals surface area contributed by atoms with Gasteiger partial charge in [0.05, 0.1) is 9.16 Å². The van der Waals surface area contributed by atoms with Gasteiger partial charge in [0.2, 0.25) is 0 Å². The zero-order valence-corrected chi connectivity index (χ0v) is 6.76. The molecule has 0 spiro atoms. The fourth-order valence-electron chi connectivity index (χ4n) is 1.27. The van der Waals surface area contributed by atoms with Gasteiger partial charge in [-0.3, -0.25) is 0 Å². The monoisotopic (exact) mass is 146 g/mol. The molecule has 0 amide bonds. The molecule has 0 N–H and O–H groups in total. The summed E-state index contributed by atoms with van der Waals surface area (Å²) in [6, 6.07) is 0. The van der Waals surface area contributed by atoms with Crippen LogP contribution in [0.25, 0.3) is 0 Å². The van der Waals surface area contributed by atoms with Gasteiger partial charge in [-0.05, 0) is 11.8 Å². The van der Waals surface area contributed by atoms with E-state index in [1.807, 2.05) is 0 Å². The van der Waals surface area contributed by atoms with Gasteiger partial charge in [-0.25, -0.2) is 0 Å². The van der Waals surface area contributed by atoms with Gasteiger partial charge in [0.25, 0.3) is 0 Å². The number of rotatable bonds is 0. The van der Waals surface area contributed by atoms with Crippen molar-refractivity contribution < 1.29 is 0 Å². The molecule has 0 aromatic heterocycles. The van der Waals surface area contributed by atoms with E-state index in [-0.39, 0.29) is 0 Å². The van der Waals surface area contributed by atoms with E-state index in [9.17, 15) is 0 Å². The Morgan fingerprint density at radius 2 is 1.25 bits per heavy atom. The highest BCUT2D eigenvalue weighted by atomic mass is 32.3. The lowest BCUT2D eigenvalue weighted by molar-refractivity contribution is 0.491. The molecule has 3 fully saturated rings. The molecular weight excluding hydrogens is 136 g/mol. The molecule has 3 saturated heterocycles. The molecule has 0 aliphatic carbocycles. The summed E-state index contributed by atoms with van der Waals surface area (Å²) in [4.78, 5) is 0. The van der Waals surface area contributed by atoms with E-state index in [4.69, 9.17) is 0 Å². The molecule has 0 unspecified atom stereocenters. The third-order valence-corrected chi connectivity index (χ3v) is 6.35. The van der Waals surface area contributed by atoms with Gasteiger partial charge in [0, 0.05) is 0 Å². The van der Waals surface area contributed by atoms with Crippen LogP contribution in [0.3, 0.4) is 0 Å². The van der Waals surface area contributed by atoms with Crippen LogP contribution in [0.1, 0.15) is 13.8 Å². The second-order valence-corrected chi connectivity index (χ2v) is 5.90. The summed E-state index contributed by atoms with van der Waals surface area (Å²) in [6.45, 7) is 4.75. The molecule has 2 bridgehead atoms. The van der Waals surface area contributed by atoms with Gasteiger partial charge in [0.1, 0.15) is 0 Å². The molecular formula is C6H10S2. The molecule has 3 rings (SSSR count). The van der Waals surface area contributed by atoms with Crippen molar-refractivity contribution in [2.75, 3.05) is 0 Å². The van der Waals surface area contributed by atoms with Crippen LogP contribution in [-0.4, -0.2) is 9.16 Å². The summed E-state index contributed by atoms with van der Waals surface area (Å²) in [5.74, 6) is 1.96. The molecule has 3 aliphatic rings. The molecule has 0 aromatic carbocycles. The summed E-state index contributed by atoms with van der Waals surface area (Å²) in [5.41, 5.74) is 0. The van der Waals surface area contributed by atoms with E-state index in [0.717, 1.165) is 21.0 Å². The summed E-state index contributed by atoms with van der Waals surface area (Å²) in [5, 5.41) is 0. The SMILES string of the molecule is C[C@H]1C2SC(S2)[C@@H]1C. The van der Waals surface area contributed by atoms with E-state index in [1.165, 1.54) is 0 Å². The van der Waals surface area contributed by atoms with Crippen molar-refractivity contribution in [2.24, 2.45) is 11.8 Å². The Kier molecular flexibility index (Phi) is 1.10. The van der Waals surface area contributed by atoms with Crippen molar-refractivity contribution in [3.8, 4) is 0 Å². The normalized spacial score (nSPS) is 60.8. The van der Waals surface area contributed by atoms with Gasteiger partial charge in [-0.2, -0.15) is 0 Å². The molecule has 8 heavy (non-hydrogen) atoms. The lowest BCUT2D eigenvalue weighted by Crippen LogP contribution is -2.06. The first-order valence-corrected chi connectivity index (χ1v) is 4.98. The minimum Gasteiger partial charge on any atom is -0.133 e. The van der Waals surface area contributed by atoms with Crippen molar-refractivity contribution >= 4 is 23.5 Å². The number of hydrogen-bond donors (Lipinski definition) is 0. The smallest absolute Gasteiger partial charge is 0.0553 e. The number of fused-ring (bicyclic) bond motifs is 1. The molecule has 3 heterocycles. The summed E-state index contributed by atoms with van der Waals surface area (Å²) >= 11 is 4.35. The maximum Gasteiger partial charge on any atom is 0.0553 e. The third kappa shape index (κ3) is 0.508. The molecule has 0 saturated carbocycles. The van der Waals surface area contributed by atoms with Crippen LogP contribution in [0.4, 0.5) is 0 Å². The van der Waals surface area contributed by atoms with Crippen molar-refractivity contribution in [3.05, 3.63) is 0 Å². The predicted molar refractivity (Wildman–Crippen MR) is 41.1 cm³/mol. The molecule has 2 atom stereocenters. The zero-order chi connectivity index (χ0) is 5.72. The predicted octanol–water partition coefficient (Wildman–Crippen LogP) is 2.40. The average Bonchev–Trinajstić information content (AvgIpc) is 1.89. The van der Waals surface area contributed by atoms with Crippen molar-refractivity contribution in [1.82, 2.24) is 0 Å². The Bertz CT molecular complexity index is 95.1. The molecule has 3 aliphatic heterocycles. The zero-order valence-electron chi connectivity index (χ0n) is 5.13. The average molecular weight is 146 g/mol. The van der Waals surface area contributed by atoms with E-state index in [2.05, 4.69) is 37.4 Å². The molecule has 0 radical (unpaired) electrons. The van der Waals surface area contributed by atoms with Gasteiger partial charge in [-0.1, -0.05) is 13.8 Å². The van der Waals surface area contributed by atoms with E-state index < -0.39 is 0 Å². The van der Waals surface area contributed by atoms with Crippen LogP contribution in [0, 0.1) is 11.8 Å². The lowest BCUT2D eigenvalue weighted by Gasteiger charge is -2.22. The van der Waals surface area contributed by atoms with E-state index in [1.54, 1.807) is 0 Å². The Labute approximate surface area is 58.8 Å². The fraction of sp³-hybridized carbons (Fsp3) is 1.00. The Hall–Kier alpha value is 0.700. The van der Waals surface area contributed by atoms with Crippen molar-refractivity contribution in [1.29, 1.82) is 0 Å². The van der Waals surface area contributed by atoms with E-state index in [0.29, 0.717) is 0 Å². The Morgan fingerprint density at radius 3 is 1.38 bits per heavy atom. The first-order valence-electron chi connectivity index (χ1n) is 3.10. The molecule has 0 nitrogen and oxygen atoms in total. The summed E-state index contributed by atoms with van der Waals surface area (Å²) in [6.07, 6.45) is 0. The van der Waals surface area contributed by atoms with Gasteiger partial charge >= 0.3 is 0 Å². The van der Waals surface area contributed by atoms with Gasteiger partial charge < -0.3 is 0 Å². The largest absolute Gasteiger partial charge is 0.133 e. The van der Waals surface area contributed by atoms with Crippen LogP contribution in [-0.2, 0) is 0 Å². The standard InChI is InChI=1S/C6H10S2/c1-3-4(2)6-7-5(3)8-6/h3-6H,1-2H3/t3-,4-,5?,6?/m1/s1.